The Balaban J connectivity index is 2.90. The first-order valence-electron chi connectivity index (χ1n) is 6.16. The number of carboxylic acids is 1. The van der Waals surface area contributed by atoms with Gasteiger partial charge in [0.1, 0.15) is 0 Å². The average Bonchev–Trinajstić information content (AvgIpc) is 2.26. The van der Waals surface area contributed by atoms with E-state index in [0.717, 1.165) is 5.56 Å². The van der Waals surface area contributed by atoms with Crippen molar-refractivity contribution in [1.82, 2.24) is 9.62 Å². The number of rotatable bonds is 7. The topological polar surface area (TPSA) is 86.7 Å². The van der Waals surface area contributed by atoms with E-state index in [4.69, 9.17) is 5.11 Å². The Labute approximate surface area is 119 Å². The highest BCUT2D eigenvalue weighted by atomic mass is 32.2. The maximum absolute atomic E-state index is 12.2. The van der Waals surface area contributed by atoms with Gasteiger partial charge in [-0.3, -0.25) is 4.79 Å². The molecular weight excluding hydrogens is 280 g/mol. The lowest BCUT2D eigenvalue weighted by Crippen LogP contribution is -2.42. The minimum atomic E-state index is -3.71. The Morgan fingerprint density at radius 2 is 1.85 bits per heavy atom. The Hall–Kier alpha value is -1.44. The molecule has 0 saturated heterocycles. The maximum Gasteiger partial charge on any atom is 0.305 e. The van der Waals surface area contributed by atoms with Crippen molar-refractivity contribution in [2.24, 2.45) is 0 Å². The van der Waals surface area contributed by atoms with Crippen molar-refractivity contribution in [2.45, 2.75) is 24.3 Å². The molecule has 0 aliphatic carbocycles. The molecule has 1 aromatic rings. The Morgan fingerprint density at radius 1 is 1.30 bits per heavy atom. The van der Waals surface area contributed by atoms with Crippen LogP contribution in [0.25, 0.3) is 0 Å². The smallest absolute Gasteiger partial charge is 0.305 e. The van der Waals surface area contributed by atoms with E-state index in [0.29, 0.717) is 6.54 Å². The van der Waals surface area contributed by atoms with E-state index >= 15 is 0 Å². The van der Waals surface area contributed by atoms with Crippen molar-refractivity contribution in [2.75, 3.05) is 20.6 Å². The second-order valence-electron chi connectivity index (χ2n) is 4.99. The summed E-state index contributed by atoms with van der Waals surface area (Å²) < 4.78 is 26.8. The molecule has 0 amide bonds. The summed E-state index contributed by atoms with van der Waals surface area (Å²) in [6, 6.07) is 5.74. The number of hydrogen-bond acceptors (Lipinski definition) is 4. The normalized spacial score (nSPS) is 13.4. The fraction of sp³-hybridized carbons (Fsp3) is 0.462. The van der Waals surface area contributed by atoms with E-state index < -0.39 is 22.0 Å². The van der Waals surface area contributed by atoms with Crippen LogP contribution in [0.3, 0.4) is 0 Å². The molecule has 0 fully saturated rings. The van der Waals surface area contributed by atoms with Crippen LogP contribution < -0.4 is 4.72 Å². The monoisotopic (exact) mass is 300 g/mol. The first-order valence-corrected chi connectivity index (χ1v) is 7.64. The van der Waals surface area contributed by atoms with Gasteiger partial charge in [0.05, 0.1) is 11.3 Å². The summed E-state index contributed by atoms with van der Waals surface area (Å²) in [6.45, 7) is 2.18. The molecule has 7 heteroatoms. The summed E-state index contributed by atoms with van der Waals surface area (Å²) in [5, 5.41) is 8.85. The molecule has 1 atom stereocenters. The van der Waals surface area contributed by atoms with Gasteiger partial charge in [-0.15, -0.1) is 0 Å². The summed E-state index contributed by atoms with van der Waals surface area (Å²) in [4.78, 5) is 12.7. The Bertz CT molecular complexity index is 552. The maximum atomic E-state index is 12.2. The van der Waals surface area contributed by atoms with Crippen LogP contribution in [-0.4, -0.2) is 51.1 Å². The molecule has 0 aliphatic rings. The summed E-state index contributed by atoms with van der Waals surface area (Å²) >= 11 is 0. The number of aryl methyl sites for hydroxylation is 1. The average molecular weight is 300 g/mol. The van der Waals surface area contributed by atoms with Gasteiger partial charge in [0.2, 0.25) is 10.0 Å². The molecule has 0 heterocycles. The van der Waals surface area contributed by atoms with Crippen molar-refractivity contribution < 1.29 is 18.3 Å². The van der Waals surface area contributed by atoms with E-state index in [1.165, 1.54) is 12.1 Å². The number of benzene rings is 1. The minimum Gasteiger partial charge on any atom is -0.481 e. The number of nitrogens with zero attached hydrogens (tertiary/aromatic N) is 1. The van der Waals surface area contributed by atoms with Gasteiger partial charge in [0.15, 0.2) is 0 Å². The van der Waals surface area contributed by atoms with Crippen molar-refractivity contribution in [3.8, 4) is 0 Å². The van der Waals surface area contributed by atoms with Crippen LogP contribution >= 0.6 is 0 Å². The standard InChI is InChI=1S/C13H20N2O4S/c1-10-4-6-12(7-5-10)20(18,19)14-11(8-13(16)17)9-15(2)3/h4-7,11,14H,8-9H2,1-3H3,(H,16,17)/t11-/m1/s1. The van der Waals surface area contributed by atoms with Crippen LogP contribution in [0.1, 0.15) is 12.0 Å². The number of carboxylic acid groups (broad SMARTS) is 1. The van der Waals surface area contributed by atoms with Gasteiger partial charge < -0.3 is 10.0 Å². The van der Waals surface area contributed by atoms with E-state index in [1.807, 2.05) is 6.92 Å². The van der Waals surface area contributed by atoms with Crippen LogP contribution in [-0.2, 0) is 14.8 Å². The molecular formula is C13H20N2O4S. The molecule has 1 rings (SSSR count). The van der Waals surface area contributed by atoms with Gasteiger partial charge >= 0.3 is 5.97 Å². The molecule has 0 saturated carbocycles. The molecule has 0 unspecified atom stereocenters. The van der Waals surface area contributed by atoms with Crippen LogP contribution in [0.4, 0.5) is 0 Å². The Morgan fingerprint density at radius 3 is 2.30 bits per heavy atom. The number of hydrogen-bond donors (Lipinski definition) is 2. The molecule has 20 heavy (non-hydrogen) atoms. The predicted octanol–water partition coefficient (Wildman–Crippen LogP) is 0.678. The zero-order chi connectivity index (χ0) is 15.3. The van der Waals surface area contributed by atoms with Gasteiger partial charge in [0.25, 0.3) is 0 Å². The molecule has 112 valence electrons. The van der Waals surface area contributed by atoms with Gasteiger partial charge in [-0.1, -0.05) is 17.7 Å². The summed E-state index contributed by atoms with van der Waals surface area (Å²) in [6.07, 6.45) is -0.261. The fourth-order valence-electron chi connectivity index (χ4n) is 1.80. The lowest BCUT2D eigenvalue weighted by atomic mass is 10.2. The first-order chi connectivity index (χ1) is 9.20. The van der Waals surface area contributed by atoms with Crippen molar-refractivity contribution in [3.63, 3.8) is 0 Å². The zero-order valence-electron chi connectivity index (χ0n) is 11.8. The van der Waals surface area contributed by atoms with Crippen LogP contribution in [0, 0.1) is 6.92 Å². The molecule has 1 aromatic carbocycles. The van der Waals surface area contributed by atoms with Crippen molar-refractivity contribution >= 4 is 16.0 Å². The van der Waals surface area contributed by atoms with Gasteiger partial charge in [-0.25, -0.2) is 13.1 Å². The van der Waals surface area contributed by atoms with Crippen molar-refractivity contribution in [1.29, 1.82) is 0 Å². The summed E-state index contributed by atoms with van der Waals surface area (Å²) in [5.41, 5.74) is 0.958. The predicted molar refractivity (Wildman–Crippen MR) is 76.1 cm³/mol. The van der Waals surface area contributed by atoms with Gasteiger partial charge in [0, 0.05) is 12.6 Å². The Kier molecular flexibility index (Phi) is 5.67. The number of nitrogens with one attached hydrogen (secondary N) is 1. The minimum absolute atomic E-state index is 0.136. The van der Waals surface area contributed by atoms with Gasteiger partial charge in [-0.2, -0.15) is 0 Å². The largest absolute Gasteiger partial charge is 0.481 e. The summed E-state index contributed by atoms with van der Waals surface area (Å²) in [5.74, 6) is -1.04. The highest BCUT2D eigenvalue weighted by molar-refractivity contribution is 7.89. The fourth-order valence-corrected chi connectivity index (χ4v) is 3.03. The molecule has 0 radical (unpaired) electrons. The number of aliphatic carboxylic acids is 1. The number of carbonyl (C=O) groups is 1. The van der Waals surface area contributed by atoms with Crippen molar-refractivity contribution in [3.05, 3.63) is 29.8 Å². The zero-order valence-corrected chi connectivity index (χ0v) is 12.6. The van der Waals surface area contributed by atoms with Crippen LogP contribution in [0.15, 0.2) is 29.2 Å². The third-order valence-electron chi connectivity index (χ3n) is 2.66. The SMILES string of the molecule is Cc1ccc(S(=O)(=O)N[C@H](CC(=O)O)CN(C)C)cc1. The second-order valence-corrected chi connectivity index (χ2v) is 6.71. The van der Waals surface area contributed by atoms with E-state index in [-0.39, 0.29) is 11.3 Å². The first kappa shape index (κ1) is 16.6. The molecule has 0 aliphatic heterocycles. The van der Waals surface area contributed by atoms with E-state index in [9.17, 15) is 13.2 Å². The molecule has 2 N–H and O–H groups in total. The number of likely N-dealkylation sites (N-methyl/N-ethyl adjacent to an activating group) is 1. The highest BCUT2D eigenvalue weighted by Crippen LogP contribution is 2.11. The third kappa shape index (κ3) is 5.28. The summed E-state index contributed by atoms with van der Waals surface area (Å²) in [7, 11) is -0.190. The van der Waals surface area contributed by atoms with Crippen LogP contribution in [0.5, 0.6) is 0 Å². The molecule has 6 nitrogen and oxygen atoms in total. The quantitative estimate of drug-likeness (QED) is 0.773. The van der Waals surface area contributed by atoms with E-state index in [2.05, 4.69) is 4.72 Å². The highest BCUT2D eigenvalue weighted by Gasteiger charge is 2.22. The number of sulfonamides is 1. The molecule has 0 spiro atoms. The molecule has 0 bridgehead atoms. The second kappa shape index (κ2) is 6.83. The lowest BCUT2D eigenvalue weighted by Gasteiger charge is -2.20. The van der Waals surface area contributed by atoms with Crippen LogP contribution in [0.2, 0.25) is 0 Å². The van der Waals surface area contributed by atoms with E-state index in [1.54, 1.807) is 31.1 Å². The lowest BCUT2D eigenvalue weighted by molar-refractivity contribution is -0.137. The third-order valence-corrected chi connectivity index (χ3v) is 4.20. The van der Waals surface area contributed by atoms with Gasteiger partial charge in [-0.05, 0) is 33.2 Å². The molecule has 0 aromatic heterocycles.